The Morgan fingerprint density at radius 3 is 2.74 bits per heavy atom. The standard InChI is InChI=1S/C21H28N8OS/c1-14-21(30)29(16-8-6-5-7-15(16)28(4)10-9-27(2)3)17(26-14)11-31-20-18-19(23-12-22-18)24-13-25-20/h5-8,12-14,17,26H,9-11H2,1-4H3,(H,22,23,24,25). The van der Waals surface area contributed by atoms with E-state index in [0.29, 0.717) is 11.4 Å². The second-order valence-electron chi connectivity index (χ2n) is 7.92. The zero-order valence-electron chi connectivity index (χ0n) is 18.2. The quantitative estimate of drug-likeness (QED) is 0.405. The molecule has 9 nitrogen and oxygen atoms in total. The Balaban J connectivity index is 1.58. The highest BCUT2D eigenvalue weighted by Crippen LogP contribution is 2.34. The number of H-pyrrole nitrogens is 1. The van der Waals surface area contributed by atoms with E-state index in [-0.39, 0.29) is 18.1 Å². The maximum Gasteiger partial charge on any atom is 0.245 e. The lowest BCUT2D eigenvalue weighted by molar-refractivity contribution is -0.118. The molecule has 1 fully saturated rings. The van der Waals surface area contributed by atoms with Gasteiger partial charge in [0.25, 0.3) is 0 Å². The van der Waals surface area contributed by atoms with Gasteiger partial charge in [0, 0.05) is 25.9 Å². The fourth-order valence-electron chi connectivity index (χ4n) is 3.67. The molecule has 2 N–H and O–H groups in total. The number of hydrogen-bond acceptors (Lipinski definition) is 8. The van der Waals surface area contributed by atoms with Crippen LogP contribution in [0.25, 0.3) is 11.2 Å². The van der Waals surface area contributed by atoms with Crippen molar-refractivity contribution in [2.24, 2.45) is 0 Å². The number of carbonyl (C=O) groups excluding carboxylic acids is 1. The Morgan fingerprint density at radius 2 is 1.94 bits per heavy atom. The lowest BCUT2D eigenvalue weighted by atomic mass is 10.2. The average Bonchev–Trinajstić information content (AvgIpc) is 3.35. The first-order valence-electron chi connectivity index (χ1n) is 10.3. The second-order valence-corrected chi connectivity index (χ2v) is 8.92. The molecule has 2 aromatic heterocycles. The molecular formula is C21H28N8OS. The summed E-state index contributed by atoms with van der Waals surface area (Å²) in [6.07, 6.45) is 3.00. The molecule has 1 aliphatic heterocycles. The van der Waals surface area contributed by atoms with Crippen molar-refractivity contribution in [2.45, 2.75) is 24.2 Å². The van der Waals surface area contributed by atoms with Crippen molar-refractivity contribution in [1.82, 2.24) is 30.2 Å². The number of hydrogen-bond donors (Lipinski definition) is 2. The van der Waals surface area contributed by atoms with Crippen LogP contribution in [0.3, 0.4) is 0 Å². The van der Waals surface area contributed by atoms with Crippen molar-refractivity contribution in [3.63, 3.8) is 0 Å². The summed E-state index contributed by atoms with van der Waals surface area (Å²) in [4.78, 5) is 35.3. The van der Waals surface area contributed by atoms with Crippen molar-refractivity contribution in [1.29, 1.82) is 0 Å². The Morgan fingerprint density at radius 1 is 1.13 bits per heavy atom. The van der Waals surface area contributed by atoms with Crippen molar-refractivity contribution < 1.29 is 4.79 Å². The fraction of sp³-hybridized carbons (Fsp3) is 0.429. The van der Waals surface area contributed by atoms with Gasteiger partial charge in [0.1, 0.15) is 16.9 Å². The topological polar surface area (TPSA) is 93.3 Å². The molecule has 2 unspecified atom stereocenters. The summed E-state index contributed by atoms with van der Waals surface area (Å²) >= 11 is 1.57. The summed E-state index contributed by atoms with van der Waals surface area (Å²) in [7, 11) is 6.19. The van der Waals surface area contributed by atoms with E-state index in [1.165, 1.54) is 6.33 Å². The largest absolute Gasteiger partial charge is 0.372 e. The number of fused-ring (bicyclic) bond motifs is 1. The van der Waals surface area contributed by atoms with Crippen LogP contribution in [0.1, 0.15) is 6.92 Å². The van der Waals surface area contributed by atoms with E-state index >= 15 is 0 Å². The number of para-hydroxylation sites is 2. The first-order valence-corrected chi connectivity index (χ1v) is 11.2. The maximum absolute atomic E-state index is 13.1. The molecule has 0 bridgehead atoms. The predicted octanol–water partition coefficient (Wildman–Crippen LogP) is 1.79. The number of aromatic amines is 1. The molecule has 3 heterocycles. The van der Waals surface area contributed by atoms with E-state index in [9.17, 15) is 4.79 Å². The van der Waals surface area contributed by atoms with Crippen LogP contribution in [0.15, 0.2) is 41.9 Å². The van der Waals surface area contributed by atoms with Crippen molar-refractivity contribution >= 4 is 40.2 Å². The summed E-state index contributed by atoms with van der Waals surface area (Å²) in [5.74, 6) is 0.719. The third kappa shape index (κ3) is 4.51. The van der Waals surface area contributed by atoms with Crippen LogP contribution < -0.4 is 15.1 Å². The molecule has 0 aliphatic carbocycles. The van der Waals surface area contributed by atoms with E-state index < -0.39 is 0 Å². The van der Waals surface area contributed by atoms with E-state index in [4.69, 9.17) is 0 Å². The number of anilines is 2. The molecule has 0 radical (unpaired) electrons. The minimum absolute atomic E-state index is 0.0756. The van der Waals surface area contributed by atoms with E-state index in [1.54, 1.807) is 18.1 Å². The number of aromatic nitrogens is 4. The van der Waals surface area contributed by atoms with E-state index in [0.717, 1.165) is 35.0 Å². The van der Waals surface area contributed by atoms with Crippen LogP contribution >= 0.6 is 11.8 Å². The van der Waals surface area contributed by atoms with Crippen LogP contribution in [-0.2, 0) is 4.79 Å². The van der Waals surface area contributed by atoms with Gasteiger partial charge in [0.2, 0.25) is 5.91 Å². The molecule has 164 valence electrons. The molecule has 2 atom stereocenters. The first-order chi connectivity index (χ1) is 15.0. The SMILES string of the molecule is CC1NC(CSc2ncnc3[nH]cnc23)N(c2ccccc2N(C)CCN(C)C)C1=O. The normalized spacial score (nSPS) is 19.0. The van der Waals surface area contributed by atoms with E-state index in [2.05, 4.69) is 62.3 Å². The van der Waals surface area contributed by atoms with Crippen LogP contribution in [0.4, 0.5) is 11.4 Å². The van der Waals surface area contributed by atoms with Gasteiger partial charge in [-0.25, -0.2) is 15.0 Å². The molecule has 1 saturated heterocycles. The van der Waals surface area contributed by atoms with Gasteiger partial charge in [-0.05, 0) is 33.2 Å². The van der Waals surface area contributed by atoms with Gasteiger partial charge >= 0.3 is 0 Å². The third-order valence-electron chi connectivity index (χ3n) is 5.36. The van der Waals surface area contributed by atoms with Gasteiger partial charge in [-0.15, -0.1) is 11.8 Å². The molecule has 1 aromatic carbocycles. The van der Waals surface area contributed by atoms with Crippen molar-refractivity contribution in [2.75, 3.05) is 49.8 Å². The molecular weight excluding hydrogens is 412 g/mol. The Hall–Kier alpha value is -2.69. The summed E-state index contributed by atoms with van der Waals surface area (Å²) in [6, 6.07) is 7.84. The smallest absolute Gasteiger partial charge is 0.245 e. The first kappa shape index (κ1) is 21.5. The zero-order valence-corrected chi connectivity index (χ0v) is 19.1. The number of rotatable bonds is 8. The van der Waals surface area contributed by atoms with Crippen molar-refractivity contribution in [3.8, 4) is 0 Å². The fourth-order valence-corrected chi connectivity index (χ4v) is 4.64. The minimum Gasteiger partial charge on any atom is -0.372 e. The molecule has 3 aromatic rings. The molecule has 4 rings (SSSR count). The Labute approximate surface area is 186 Å². The molecule has 0 spiro atoms. The number of imidazole rings is 1. The van der Waals surface area contributed by atoms with Gasteiger partial charge in [-0.2, -0.15) is 0 Å². The third-order valence-corrected chi connectivity index (χ3v) is 6.41. The number of amides is 1. The summed E-state index contributed by atoms with van der Waals surface area (Å²) in [6.45, 7) is 3.71. The number of carbonyl (C=O) groups is 1. The summed E-state index contributed by atoms with van der Waals surface area (Å²) in [5, 5.41) is 4.24. The van der Waals surface area contributed by atoms with Gasteiger partial charge < -0.3 is 14.8 Å². The lowest BCUT2D eigenvalue weighted by Gasteiger charge is -2.30. The molecule has 1 amide bonds. The summed E-state index contributed by atoms with van der Waals surface area (Å²) < 4.78 is 0. The van der Waals surface area contributed by atoms with Crippen LogP contribution in [0.5, 0.6) is 0 Å². The minimum atomic E-state index is -0.249. The molecule has 31 heavy (non-hydrogen) atoms. The van der Waals surface area contributed by atoms with Gasteiger partial charge in [0.15, 0.2) is 5.65 Å². The monoisotopic (exact) mass is 440 g/mol. The van der Waals surface area contributed by atoms with Crippen LogP contribution in [0, 0.1) is 0 Å². The molecule has 1 aliphatic rings. The average molecular weight is 441 g/mol. The number of benzene rings is 1. The maximum atomic E-state index is 13.1. The summed E-state index contributed by atoms with van der Waals surface area (Å²) in [5.41, 5.74) is 3.43. The van der Waals surface area contributed by atoms with Crippen LogP contribution in [0.2, 0.25) is 0 Å². The molecule has 10 heteroatoms. The number of likely N-dealkylation sites (N-methyl/N-ethyl adjacent to an activating group) is 2. The molecule has 0 saturated carbocycles. The number of thioether (sulfide) groups is 1. The van der Waals surface area contributed by atoms with Gasteiger partial charge in [-0.1, -0.05) is 12.1 Å². The Bertz CT molecular complexity index is 1050. The predicted molar refractivity (Wildman–Crippen MR) is 125 cm³/mol. The number of nitrogens with one attached hydrogen (secondary N) is 2. The zero-order chi connectivity index (χ0) is 22.0. The lowest BCUT2D eigenvalue weighted by Crippen LogP contribution is -2.40. The number of nitrogens with zero attached hydrogens (tertiary/aromatic N) is 6. The van der Waals surface area contributed by atoms with Gasteiger partial charge in [0.05, 0.1) is 29.9 Å². The van der Waals surface area contributed by atoms with Crippen LogP contribution in [-0.4, -0.2) is 82.9 Å². The van der Waals surface area contributed by atoms with E-state index in [1.807, 2.05) is 30.0 Å². The van der Waals surface area contributed by atoms with Crippen molar-refractivity contribution in [3.05, 3.63) is 36.9 Å². The highest BCUT2D eigenvalue weighted by molar-refractivity contribution is 7.99. The highest BCUT2D eigenvalue weighted by atomic mass is 32.2. The Kier molecular flexibility index (Phi) is 6.40. The highest BCUT2D eigenvalue weighted by Gasteiger charge is 2.38. The second kappa shape index (κ2) is 9.21. The van der Waals surface area contributed by atoms with Gasteiger partial charge in [-0.3, -0.25) is 15.0 Å².